The van der Waals surface area contributed by atoms with Gasteiger partial charge in [-0.05, 0) is 49.8 Å². The van der Waals surface area contributed by atoms with Crippen molar-refractivity contribution < 1.29 is 4.39 Å². The van der Waals surface area contributed by atoms with Gasteiger partial charge in [-0.1, -0.05) is 11.6 Å². The second-order valence-corrected chi connectivity index (χ2v) is 7.90. The second kappa shape index (κ2) is 7.26. The Balaban J connectivity index is 1.55. The summed E-state index contributed by atoms with van der Waals surface area (Å²) in [5.74, 6) is 1.04. The van der Waals surface area contributed by atoms with Gasteiger partial charge in [-0.3, -0.25) is 13.9 Å². The first-order valence-corrected chi connectivity index (χ1v) is 10.2. The highest BCUT2D eigenvalue weighted by Gasteiger charge is 2.29. The Kier molecular flexibility index (Phi) is 4.58. The number of halogens is 2. The average Bonchev–Trinajstić information content (AvgIpc) is 3.39. The molecule has 0 bridgehead atoms. The zero-order chi connectivity index (χ0) is 20.0. The van der Waals surface area contributed by atoms with Crippen molar-refractivity contribution in [3.8, 4) is 0 Å². The van der Waals surface area contributed by atoms with Crippen molar-refractivity contribution in [3.63, 3.8) is 0 Å². The summed E-state index contributed by atoms with van der Waals surface area (Å²) in [5, 5.41) is 0.357. The number of H-pyrrole nitrogens is 2. The number of aromatic nitrogens is 6. The van der Waals surface area contributed by atoms with Crippen LogP contribution in [0.2, 0.25) is 5.15 Å². The van der Waals surface area contributed by atoms with Crippen LogP contribution >= 0.6 is 11.6 Å². The topological polar surface area (TPSA) is 92.2 Å². The Labute approximate surface area is 170 Å². The van der Waals surface area contributed by atoms with E-state index < -0.39 is 0 Å². The summed E-state index contributed by atoms with van der Waals surface area (Å²) >= 11 is 6.15. The van der Waals surface area contributed by atoms with Gasteiger partial charge in [0, 0.05) is 12.1 Å². The molecular formula is C20H20ClFN6O. The molecule has 29 heavy (non-hydrogen) atoms. The van der Waals surface area contributed by atoms with Gasteiger partial charge in [-0.2, -0.15) is 0 Å². The molecule has 9 heteroatoms. The van der Waals surface area contributed by atoms with Gasteiger partial charge in [0.05, 0.1) is 35.5 Å². The lowest BCUT2D eigenvalue weighted by molar-refractivity contribution is 0.462. The Bertz CT molecular complexity index is 1260. The number of fused-ring (bicyclic) bond motifs is 2. The highest BCUT2D eigenvalue weighted by Crippen LogP contribution is 2.41. The lowest BCUT2D eigenvalue weighted by Crippen LogP contribution is -2.18. The lowest BCUT2D eigenvalue weighted by Gasteiger charge is -2.05. The molecule has 4 aromatic heterocycles. The number of alkyl halides is 1. The molecule has 1 aliphatic carbocycles. The zero-order valence-corrected chi connectivity index (χ0v) is 16.5. The standard InChI is InChI=1S/C20H20ClFN6O/c21-14-9-12(3-1-2-7-22)17-19(25-14)27-15(26-17)10-28-18-13(24-20(28)29)6-8-23-16(18)11-4-5-11/h6,8-9,11H,1-5,7,10H2,(H,24,29)(H,25,26,27). The van der Waals surface area contributed by atoms with Crippen LogP contribution in [-0.4, -0.2) is 36.2 Å². The van der Waals surface area contributed by atoms with E-state index >= 15 is 0 Å². The van der Waals surface area contributed by atoms with Crippen LogP contribution < -0.4 is 5.69 Å². The van der Waals surface area contributed by atoms with Crippen molar-refractivity contribution in [1.82, 2.24) is 29.5 Å². The number of imidazole rings is 2. The minimum atomic E-state index is -0.336. The molecule has 1 aliphatic rings. The summed E-state index contributed by atoms with van der Waals surface area (Å²) in [6.07, 6.45) is 5.85. The molecule has 0 saturated heterocycles. The summed E-state index contributed by atoms with van der Waals surface area (Å²) in [5.41, 5.74) is 4.66. The first kappa shape index (κ1) is 18.3. The third-order valence-corrected chi connectivity index (χ3v) is 5.57. The molecule has 4 heterocycles. The molecule has 1 saturated carbocycles. The fourth-order valence-corrected chi connectivity index (χ4v) is 4.05. The minimum absolute atomic E-state index is 0.190. The van der Waals surface area contributed by atoms with Crippen LogP contribution in [0.25, 0.3) is 22.2 Å². The fourth-order valence-electron chi connectivity index (χ4n) is 3.84. The number of nitrogens with one attached hydrogen (secondary N) is 2. The van der Waals surface area contributed by atoms with Crippen molar-refractivity contribution in [2.45, 2.75) is 44.6 Å². The van der Waals surface area contributed by atoms with Gasteiger partial charge in [0.1, 0.15) is 11.0 Å². The van der Waals surface area contributed by atoms with E-state index in [9.17, 15) is 9.18 Å². The highest BCUT2D eigenvalue weighted by atomic mass is 35.5. The Hall–Kier alpha value is -2.74. The maximum Gasteiger partial charge on any atom is 0.326 e. The van der Waals surface area contributed by atoms with Gasteiger partial charge in [0.25, 0.3) is 0 Å². The normalized spacial score (nSPS) is 14.3. The first-order chi connectivity index (χ1) is 14.1. The quantitative estimate of drug-likeness (QED) is 0.354. The fraction of sp³-hybridized carbons (Fsp3) is 0.400. The van der Waals surface area contributed by atoms with E-state index in [4.69, 9.17) is 11.6 Å². The molecular weight excluding hydrogens is 395 g/mol. The second-order valence-electron chi connectivity index (χ2n) is 7.52. The maximum absolute atomic E-state index is 12.6. The Morgan fingerprint density at radius 1 is 1.24 bits per heavy atom. The molecule has 7 nitrogen and oxygen atoms in total. The largest absolute Gasteiger partial charge is 0.339 e. The van der Waals surface area contributed by atoms with Crippen molar-refractivity contribution in [3.05, 3.63) is 51.0 Å². The number of hydrogen-bond acceptors (Lipinski definition) is 4. The Morgan fingerprint density at radius 3 is 2.90 bits per heavy atom. The van der Waals surface area contributed by atoms with Crippen molar-refractivity contribution in [2.75, 3.05) is 6.67 Å². The number of hydrogen-bond donors (Lipinski definition) is 2. The molecule has 0 aromatic carbocycles. The number of pyridine rings is 2. The predicted octanol–water partition coefficient (Wildman–Crippen LogP) is 3.87. The molecule has 0 spiro atoms. The van der Waals surface area contributed by atoms with E-state index in [-0.39, 0.29) is 18.9 Å². The van der Waals surface area contributed by atoms with Crippen molar-refractivity contribution in [1.29, 1.82) is 0 Å². The molecule has 0 amide bonds. The van der Waals surface area contributed by atoms with E-state index in [0.717, 1.165) is 47.1 Å². The van der Waals surface area contributed by atoms with Gasteiger partial charge in [-0.15, -0.1) is 0 Å². The van der Waals surface area contributed by atoms with Crippen LogP contribution in [0.3, 0.4) is 0 Å². The number of aromatic amines is 2. The number of nitrogens with zero attached hydrogens (tertiary/aromatic N) is 4. The smallest absolute Gasteiger partial charge is 0.326 e. The SMILES string of the molecule is O=c1[nH]c2ccnc(C3CC3)c2n1Cc1nc2nc(Cl)cc(CCCCF)c2[nH]1. The predicted molar refractivity (Wildman–Crippen MR) is 109 cm³/mol. The van der Waals surface area contributed by atoms with Crippen molar-refractivity contribution in [2.24, 2.45) is 0 Å². The highest BCUT2D eigenvalue weighted by molar-refractivity contribution is 6.29. The average molecular weight is 415 g/mol. The monoisotopic (exact) mass is 414 g/mol. The summed E-state index contributed by atoms with van der Waals surface area (Å²) in [7, 11) is 0. The third-order valence-electron chi connectivity index (χ3n) is 5.37. The molecule has 0 aliphatic heterocycles. The van der Waals surface area contributed by atoms with Gasteiger partial charge < -0.3 is 9.97 Å². The molecule has 150 valence electrons. The van der Waals surface area contributed by atoms with E-state index in [1.807, 2.05) is 6.07 Å². The van der Waals surface area contributed by atoms with Crippen LogP contribution in [0.15, 0.2) is 23.1 Å². The molecule has 0 unspecified atom stereocenters. The number of aryl methyl sites for hydroxylation is 1. The van der Waals surface area contributed by atoms with Crippen LogP contribution in [0.4, 0.5) is 4.39 Å². The van der Waals surface area contributed by atoms with E-state index in [2.05, 4.69) is 24.9 Å². The van der Waals surface area contributed by atoms with Crippen LogP contribution in [0, 0.1) is 0 Å². The van der Waals surface area contributed by atoms with E-state index in [1.165, 1.54) is 0 Å². The van der Waals surface area contributed by atoms with Crippen LogP contribution in [0.1, 0.15) is 48.7 Å². The molecule has 1 fully saturated rings. The van der Waals surface area contributed by atoms with Crippen molar-refractivity contribution >= 4 is 33.8 Å². The summed E-state index contributed by atoms with van der Waals surface area (Å²) in [4.78, 5) is 32.2. The number of rotatable bonds is 7. The van der Waals surface area contributed by atoms with E-state index in [0.29, 0.717) is 35.4 Å². The maximum atomic E-state index is 12.6. The van der Waals surface area contributed by atoms with Gasteiger partial charge in [-0.25, -0.2) is 14.8 Å². The first-order valence-electron chi connectivity index (χ1n) is 9.81. The molecule has 0 atom stereocenters. The summed E-state index contributed by atoms with van der Waals surface area (Å²) in [6.45, 7) is -0.0564. The minimum Gasteiger partial charge on any atom is -0.339 e. The Morgan fingerprint density at radius 2 is 2.10 bits per heavy atom. The third kappa shape index (κ3) is 3.42. The van der Waals surface area contributed by atoms with Crippen LogP contribution in [0.5, 0.6) is 0 Å². The zero-order valence-electron chi connectivity index (χ0n) is 15.7. The molecule has 5 rings (SSSR count). The van der Waals surface area contributed by atoms with Gasteiger partial charge >= 0.3 is 5.69 Å². The van der Waals surface area contributed by atoms with Crippen LogP contribution in [-0.2, 0) is 13.0 Å². The van der Waals surface area contributed by atoms with Gasteiger partial charge in [0.2, 0.25) is 0 Å². The molecule has 2 N–H and O–H groups in total. The summed E-state index contributed by atoms with van der Waals surface area (Å²) < 4.78 is 14.1. The van der Waals surface area contributed by atoms with Gasteiger partial charge in [0.15, 0.2) is 5.65 Å². The molecule has 0 radical (unpaired) electrons. The molecule has 4 aromatic rings. The lowest BCUT2D eigenvalue weighted by atomic mass is 10.1. The number of unbranched alkanes of at least 4 members (excludes halogenated alkanes) is 1. The summed E-state index contributed by atoms with van der Waals surface area (Å²) in [6, 6.07) is 3.61. The van der Waals surface area contributed by atoms with E-state index in [1.54, 1.807) is 16.8 Å².